The minimum atomic E-state index is -0.151. The summed E-state index contributed by atoms with van der Waals surface area (Å²) in [6, 6.07) is 13.2. The average molecular weight is 360 g/mol. The van der Waals surface area contributed by atoms with Crippen molar-refractivity contribution in [3.63, 3.8) is 0 Å². The molecule has 0 saturated carbocycles. The molecule has 0 bridgehead atoms. The fourth-order valence-electron chi connectivity index (χ4n) is 2.41. The molecule has 3 rings (SSSR count). The van der Waals surface area contributed by atoms with Crippen molar-refractivity contribution in [1.82, 2.24) is 9.97 Å². The van der Waals surface area contributed by atoms with E-state index in [2.05, 4.69) is 9.97 Å². The Balaban J connectivity index is 2.12. The molecule has 0 aliphatic heterocycles. The summed E-state index contributed by atoms with van der Waals surface area (Å²) in [7, 11) is 1.90. The minimum absolute atomic E-state index is 0.151. The third-order valence-electron chi connectivity index (χ3n) is 3.54. The number of halogens is 1. The predicted octanol–water partition coefficient (Wildman–Crippen LogP) is 3.22. The second-order valence-electron chi connectivity index (χ2n) is 4.99. The van der Waals surface area contributed by atoms with Crippen LogP contribution in [0.25, 0.3) is 10.9 Å². The number of aromatic nitrogens is 2. The van der Waals surface area contributed by atoms with Gasteiger partial charge >= 0.3 is 135 Å². The number of fused-ring (bicyclic) bond motifs is 1. The van der Waals surface area contributed by atoms with E-state index >= 15 is 0 Å². The fraction of sp³-hybridized carbons (Fsp3) is 0.176. The van der Waals surface area contributed by atoms with Gasteiger partial charge in [0.15, 0.2) is 0 Å². The summed E-state index contributed by atoms with van der Waals surface area (Å²) >= 11 is 0.152. The van der Waals surface area contributed by atoms with Gasteiger partial charge in [-0.2, -0.15) is 0 Å². The molecule has 2 aromatic carbocycles. The van der Waals surface area contributed by atoms with Crippen LogP contribution in [0.5, 0.6) is 0 Å². The third-order valence-corrected chi connectivity index (χ3v) is 5.15. The van der Waals surface area contributed by atoms with Gasteiger partial charge in [-0.25, -0.2) is 0 Å². The van der Waals surface area contributed by atoms with Gasteiger partial charge in [0.25, 0.3) is 0 Å². The third kappa shape index (κ3) is 2.70. The summed E-state index contributed by atoms with van der Waals surface area (Å²) in [6.45, 7) is 1.87. The van der Waals surface area contributed by atoms with Gasteiger partial charge in [-0.15, -0.1) is 0 Å². The second-order valence-corrected chi connectivity index (χ2v) is 6.77. The predicted molar refractivity (Wildman–Crippen MR) is 90.0 cm³/mol. The first-order valence-electron chi connectivity index (χ1n) is 6.91. The Bertz CT molecular complexity index is 835. The van der Waals surface area contributed by atoms with E-state index in [-0.39, 0.29) is 20.8 Å². The topological polar surface area (TPSA) is 29.0 Å². The molecule has 112 valence electrons. The molecule has 0 unspecified atom stereocenters. The Morgan fingerprint density at radius 3 is 2.59 bits per heavy atom. The van der Waals surface area contributed by atoms with Gasteiger partial charge in [0, 0.05) is 0 Å². The molecular weight excluding hydrogens is 344 g/mol. The van der Waals surface area contributed by atoms with Crippen LogP contribution < -0.4 is 9.36 Å². The van der Waals surface area contributed by atoms with Crippen LogP contribution in [0.15, 0.2) is 42.5 Å². The van der Waals surface area contributed by atoms with Crippen molar-refractivity contribution in [3.8, 4) is 0 Å². The van der Waals surface area contributed by atoms with E-state index in [1.165, 1.54) is 0 Å². The van der Waals surface area contributed by atoms with Crippen molar-refractivity contribution < 1.29 is 4.39 Å². The van der Waals surface area contributed by atoms with Crippen molar-refractivity contribution in [2.75, 3.05) is 11.9 Å². The molecule has 0 saturated heterocycles. The van der Waals surface area contributed by atoms with Gasteiger partial charge in [-0.05, 0) is 0 Å². The molecule has 1 heterocycles. The van der Waals surface area contributed by atoms with E-state index in [9.17, 15) is 4.39 Å². The number of aryl methyl sites for hydroxylation is 1. The summed E-state index contributed by atoms with van der Waals surface area (Å²) in [5.41, 5.74) is 1.68. The van der Waals surface area contributed by atoms with Crippen LogP contribution in [0.1, 0.15) is 5.82 Å². The van der Waals surface area contributed by atoms with Gasteiger partial charge < -0.3 is 0 Å². The van der Waals surface area contributed by atoms with E-state index in [0.717, 1.165) is 26.9 Å². The maximum absolute atomic E-state index is 14.1. The van der Waals surface area contributed by atoms with Crippen LogP contribution in [0.2, 0.25) is 5.82 Å². The van der Waals surface area contributed by atoms with Crippen LogP contribution >= 0.6 is 0 Å². The fourth-order valence-corrected chi connectivity index (χ4v) is 3.38. The quantitative estimate of drug-likeness (QED) is 0.672. The molecule has 0 atom stereocenters. The zero-order chi connectivity index (χ0) is 15.7. The molecule has 0 aliphatic carbocycles. The Kier molecular flexibility index (Phi) is 4.10. The number of anilines is 2. The zero-order valence-electron chi connectivity index (χ0n) is 12.7. The van der Waals surface area contributed by atoms with E-state index in [4.69, 9.17) is 0 Å². The standard InChI is InChI=1S/C17H16FN3Se/c1-11-19-15-7-5-4-6-13(15)17(20-11)21(2)12-8-9-16(22-3)14(18)10-12/h4-10H,1-3H3. The molecule has 0 radical (unpaired) electrons. The Morgan fingerprint density at radius 2 is 1.86 bits per heavy atom. The van der Waals surface area contributed by atoms with Crippen LogP contribution in [-0.2, 0) is 0 Å². The van der Waals surface area contributed by atoms with Crippen molar-refractivity contribution in [2.24, 2.45) is 0 Å². The summed E-state index contributed by atoms with van der Waals surface area (Å²) in [5, 5.41) is 0.958. The Morgan fingerprint density at radius 1 is 1.09 bits per heavy atom. The van der Waals surface area contributed by atoms with Crippen LogP contribution in [0, 0.1) is 12.7 Å². The van der Waals surface area contributed by atoms with E-state index in [1.54, 1.807) is 6.07 Å². The summed E-state index contributed by atoms with van der Waals surface area (Å²) < 4.78 is 14.9. The molecule has 0 spiro atoms. The molecule has 22 heavy (non-hydrogen) atoms. The number of para-hydroxylation sites is 1. The van der Waals surface area contributed by atoms with E-state index < -0.39 is 0 Å². The summed E-state index contributed by atoms with van der Waals surface area (Å²) in [6.07, 6.45) is 0. The molecule has 5 heteroatoms. The first-order valence-corrected chi connectivity index (χ1v) is 9.48. The average Bonchev–Trinajstić information content (AvgIpc) is 2.53. The van der Waals surface area contributed by atoms with Crippen molar-refractivity contribution in [1.29, 1.82) is 0 Å². The van der Waals surface area contributed by atoms with Gasteiger partial charge in [0.1, 0.15) is 0 Å². The molecule has 1 aromatic heterocycles. The number of hydrogen-bond acceptors (Lipinski definition) is 3. The number of benzene rings is 2. The molecule has 0 fully saturated rings. The molecule has 0 aliphatic rings. The van der Waals surface area contributed by atoms with Gasteiger partial charge in [-0.1, -0.05) is 0 Å². The van der Waals surface area contributed by atoms with Crippen molar-refractivity contribution >= 4 is 41.8 Å². The molecule has 3 nitrogen and oxygen atoms in total. The summed E-state index contributed by atoms with van der Waals surface area (Å²) in [5.74, 6) is 3.35. The van der Waals surface area contributed by atoms with Gasteiger partial charge in [-0.3, -0.25) is 0 Å². The first kappa shape index (κ1) is 14.9. The van der Waals surface area contributed by atoms with Crippen LogP contribution in [0.4, 0.5) is 15.9 Å². The van der Waals surface area contributed by atoms with E-state index in [0.29, 0.717) is 5.82 Å². The Labute approximate surface area is 135 Å². The maximum atomic E-state index is 14.1. The molecule has 0 N–H and O–H groups in total. The first-order chi connectivity index (χ1) is 10.6. The van der Waals surface area contributed by atoms with Gasteiger partial charge in [0.2, 0.25) is 0 Å². The van der Waals surface area contributed by atoms with Crippen molar-refractivity contribution in [2.45, 2.75) is 12.7 Å². The molecular formula is C17H16FN3Se. The zero-order valence-corrected chi connectivity index (χ0v) is 14.4. The molecule has 3 aromatic rings. The summed E-state index contributed by atoms with van der Waals surface area (Å²) in [4.78, 5) is 10.9. The van der Waals surface area contributed by atoms with Crippen LogP contribution in [-0.4, -0.2) is 32.0 Å². The van der Waals surface area contributed by atoms with E-state index in [1.807, 2.05) is 61.1 Å². The molecule has 0 amide bonds. The number of nitrogens with zero attached hydrogens (tertiary/aromatic N) is 3. The van der Waals surface area contributed by atoms with Gasteiger partial charge in [0.05, 0.1) is 0 Å². The monoisotopic (exact) mass is 361 g/mol. The second kappa shape index (κ2) is 6.03. The Hall–Kier alpha value is -1.97. The normalized spacial score (nSPS) is 10.9. The number of hydrogen-bond donors (Lipinski definition) is 0. The van der Waals surface area contributed by atoms with Crippen molar-refractivity contribution in [3.05, 3.63) is 54.1 Å². The van der Waals surface area contributed by atoms with Crippen LogP contribution in [0.3, 0.4) is 0 Å². The SMILES string of the molecule is C[Se]c1ccc(N(C)c2nc(C)nc3ccccc23)cc1F. The number of rotatable bonds is 3.